The van der Waals surface area contributed by atoms with Crippen molar-refractivity contribution in [2.45, 2.75) is 25.0 Å². The highest BCUT2D eigenvalue weighted by Gasteiger charge is 2.42. The summed E-state index contributed by atoms with van der Waals surface area (Å²) in [6, 6.07) is 13.4. The number of amides is 1. The Morgan fingerprint density at radius 3 is 2.59 bits per heavy atom. The molecule has 2 aliphatic rings. The summed E-state index contributed by atoms with van der Waals surface area (Å²) < 4.78 is 0. The maximum atomic E-state index is 12.9. The van der Waals surface area contributed by atoms with Crippen LogP contribution in [-0.4, -0.2) is 16.8 Å². The Hall–Kier alpha value is -1.71. The highest BCUT2D eigenvalue weighted by molar-refractivity contribution is 6.42. The minimum atomic E-state index is -0.277. The summed E-state index contributed by atoms with van der Waals surface area (Å²) in [5.74, 6) is 0.0536. The second-order valence-electron chi connectivity index (χ2n) is 5.68. The monoisotopic (exact) mass is 332 g/mol. The molecule has 1 aliphatic heterocycles. The van der Waals surface area contributed by atoms with E-state index in [1.165, 1.54) is 0 Å². The standard InChI is InChI=1S/C17H14Cl2N2O/c18-13-6-3-5-12(15(13)19)16-20-14-7-2-1-4-11(14)17(22)21(16)10-8-9-10/h1-7,10,16,20H,8-9H2/t16-/m1/s1. The third kappa shape index (κ3) is 2.16. The third-order valence-electron chi connectivity index (χ3n) is 4.18. The Balaban J connectivity index is 1.84. The van der Waals surface area contributed by atoms with Crippen molar-refractivity contribution in [3.63, 3.8) is 0 Å². The number of hydrogen-bond acceptors (Lipinski definition) is 2. The molecule has 0 aromatic heterocycles. The van der Waals surface area contributed by atoms with Crippen LogP contribution < -0.4 is 5.32 Å². The van der Waals surface area contributed by atoms with Crippen molar-refractivity contribution in [1.82, 2.24) is 4.90 Å². The molecule has 0 spiro atoms. The zero-order valence-corrected chi connectivity index (χ0v) is 13.2. The van der Waals surface area contributed by atoms with Gasteiger partial charge in [0.05, 0.1) is 15.6 Å². The molecule has 22 heavy (non-hydrogen) atoms. The number of hydrogen-bond donors (Lipinski definition) is 1. The van der Waals surface area contributed by atoms with Crippen molar-refractivity contribution in [1.29, 1.82) is 0 Å². The Bertz CT molecular complexity index is 758. The number of nitrogens with zero attached hydrogens (tertiary/aromatic N) is 1. The van der Waals surface area contributed by atoms with E-state index in [4.69, 9.17) is 23.2 Å². The molecule has 1 fully saturated rings. The SMILES string of the molecule is O=C1c2ccccc2N[C@@H](c2cccc(Cl)c2Cl)N1C1CC1. The van der Waals surface area contributed by atoms with Crippen LogP contribution in [0.3, 0.4) is 0 Å². The maximum Gasteiger partial charge on any atom is 0.258 e. The predicted octanol–water partition coefficient (Wildman–Crippen LogP) is 4.72. The van der Waals surface area contributed by atoms with Gasteiger partial charge in [-0.25, -0.2) is 0 Å². The first kappa shape index (κ1) is 13.9. The van der Waals surface area contributed by atoms with Crippen molar-refractivity contribution in [3.05, 3.63) is 63.6 Å². The van der Waals surface area contributed by atoms with Crippen LogP contribution >= 0.6 is 23.2 Å². The van der Waals surface area contributed by atoms with Crippen LogP contribution in [0.25, 0.3) is 0 Å². The molecule has 0 unspecified atom stereocenters. The molecule has 3 nitrogen and oxygen atoms in total. The average molecular weight is 333 g/mol. The second kappa shape index (κ2) is 5.18. The zero-order chi connectivity index (χ0) is 15.3. The molecule has 0 bridgehead atoms. The molecule has 1 atom stereocenters. The molecule has 1 aliphatic carbocycles. The second-order valence-corrected chi connectivity index (χ2v) is 6.46. The van der Waals surface area contributed by atoms with Gasteiger partial charge in [0.15, 0.2) is 0 Å². The summed E-state index contributed by atoms with van der Waals surface area (Å²) in [6.45, 7) is 0. The first-order valence-corrected chi connectivity index (χ1v) is 8.04. The zero-order valence-electron chi connectivity index (χ0n) is 11.7. The van der Waals surface area contributed by atoms with E-state index >= 15 is 0 Å². The van der Waals surface area contributed by atoms with E-state index < -0.39 is 0 Å². The number of nitrogens with one attached hydrogen (secondary N) is 1. The van der Waals surface area contributed by atoms with Gasteiger partial charge in [-0.3, -0.25) is 4.79 Å². The van der Waals surface area contributed by atoms with Gasteiger partial charge in [-0.2, -0.15) is 0 Å². The Kier molecular flexibility index (Phi) is 3.28. The van der Waals surface area contributed by atoms with Crippen molar-refractivity contribution in [2.75, 3.05) is 5.32 Å². The fourth-order valence-electron chi connectivity index (χ4n) is 2.96. The van der Waals surface area contributed by atoms with E-state index in [0.717, 1.165) is 24.1 Å². The van der Waals surface area contributed by atoms with Gasteiger partial charge in [0.2, 0.25) is 0 Å². The summed E-state index contributed by atoms with van der Waals surface area (Å²) in [5.41, 5.74) is 2.39. The lowest BCUT2D eigenvalue weighted by atomic mass is 10.0. The van der Waals surface area contributed by atoms with Gasteiger partial charge >= 0.3 is 0 Å². The number of anilines is 1. The summed E-state index contributed by atoms with van der Waals surface area (Å²) in [7, 11) is 0. The number of benzene rings is 2. The molecule has 1 heterocycles. The van der Waals surface area contributed by atoms with Crippen LogP contribution in [0.1, 0.15) is 34.9 Å². The van der Waals surface area contributed by atoms with Gasteiger partial charge < -0.3 is 10.2 Å². The van der Waals surface area contributed by atoms with Crippen LogP contribution in [0.4, 0.5) is 5.69 Å². The number of rotatable bonds is 2. The molecule has 0 saturated heterocycles. The predicted molar refractivity (Wildman–Crippen MR) is 88.5 cm³/mol. The summed E-state index contributed by atoms with van der Waals surface area (Å²) >= 11 is 12.5. The summed E-state index contributed by atoms with van der Waals surface area (Å²) in [5, 5.41) is 4.45. The van der Waals surface area contributed by atoms with Crippen LogP contribution in [0, 0.1) is 0 Å². The van der Waals surface area contributed by atoms with E-state index in [9.17, 15) is 4.79 Å². The Morgan fingerprint density at radius 1 is 1.05 bits per heavy atom. The van der Waals surface area contributed by atoms with E-state index in [0.29, 0.717) is 15.6 Å². The Labute approximate surface area is 138 Å². The third-order valence-corrected chi connectivity index (χ3v) is 5.01. The van der Waals surface area contributed by atoms with Gasteiger partial charge in [-0.1, -0.05) is 47.5 Å². The molecule has 4 rings (SSSR count). The maximum absolute atomic E-state index is 12.9. The highest BCUT2D eigenvalue weighted by Crippen LogP contribution is 2.43. The fraction of sp³-hybridized carbons (Fsp3) is 0.235. The fourth-order valence-corrected chi connectivity index (χ4v) is 3.37. The van der Waals surface area contributed by atoms with E-state index in [1.54, 1.807) is 6.07 Å². The lowest BCUT2D eigenvalue weighted by Crippen LogP contribution is -2.44. The number of fused-ring (bicyclic) bond motifs is 1. The molecule has 2 aromatic rings. The van der Waals surface area contributed by atoms with Gasteiger partial charge in [-0.05, 0) is 31.0 Å². The average Bonchev–Trinajstić information content (AvgIpc) is 3.35. The van der Waals surface area contributed by atoms with E-state index in [2.05, 4.69) is 5.32 Å². The minimum Gasteiger partial charge on any atom is -0.361 e. The largest absolute Gasteiger partial charge is 0.361 e. The van der Waals surface area contributed by atoms with Crippen molar-refractivity contribution in [3.8, 4) is 0 Å². The topological polar surface area (TPSA) is 32.3 Å². The number of carbonyl (C=O) groups is 1. The lowest BCUT2D eigenvalue weighted by molar-refractivity contribution is 0.0666. The number of carbonyl (C=O) groups excluding carboxylic acids is 1. The molecule has 1 amide bonds. The van der Waals surface area contributed by atoms with Crippen LogP contribution in [0.5, 0.6) is 0 Å². The molecule has 2 aromatic carbocycles. The smallest absolute Gasteiger partial charge is 0.258 e. The molecule has 0 radical (unpaired) electrons. The van der Waals surface area contributed by atoms with Crippen molar-refractivity contribution >= 4 is 34.8 Å². The van der Waals surface area contributed by atoms with Crippen molar-refractivity contribution < 1.29 is 4.79 Å². The van der Waals surface area contributed by atoms with Crippen LogP contribution in [0.2, 0.25) is 10.0 Å². The van der Waals surface area contributed by atoms with Crippen LogP contribution in [-0.2, 0) is 0 Å². The molecule has 1 N–H and O–H groups in total. The summed E-state index contributed by atoms with van der Waals surface area (Å²) in [6.07, 6.45) is 1.79. The molecular formula is C17H14Cl2N2O. The molecule has 5 heteroatoms. The van der Waals surface area contributed by atoms with Gasteiger partial charge in [0.1, 0.15) is 6.17 Å². The van der Waals surface area contributed by atoms with Crippen molar-refractivity contribution in [2.24, 2.45) is 0 Å². The first-order valence-electron chi connectivity index (χ1n) is 7.29. The Morgan fingerprint density at radius 2 is 1.82 bits per heavy atom. The van der Waals surface area contributed by atoms with Gasteiger partial charge in [-0.15, -0.1) is 0 Å². The molecule has 112 valence electrons. The van der Waals surface area contributed by atoms with Gasteiger partial charge in [0, 0.05) is 17.3 Å². The molecular weight excluding hydrogens is 319 g/mol. The molecule has 1 saturated carbocycles. The van der Waals surface area contributed by atoms with E-state index in [1.807, 2.05) is 41.3 Å². The quantitative estimate of drug-likeness (QED) is 0.862. The highest BCUT2D eigenvalue weighted by atomic mass is 35.5. The lowest BCUT2D eigenvalue weighted by Gasteiger charge is -2.38. The normalized spacial score (nSPS) is 20.5. The number of para-hydroxylation sites is 1. The van der Waals surface area contributed by atoms with E-state index in [-0.39, 0.29) is 18.1 Å². The summed E-state index contributed by atoms with van der Waals surface area (Å²) in [4.78, 5) is 14.8. The van der Waals surface area contributed by atoms with Crippen LogP contribution in [0.15, 0.2) is 42.5 Å². The first-order chi connectivity index (χ1) is 10.7. The number of halogens is 2. The van der Waals surface area contributed by atoms with Gasteiger partial charge in [0.25, 0.3) is 5.91 Å². The minimum absolute atomic E-state index is 0.0536.